The highest BCUT2D eigenvalue weighted by molar-refractivity contribution is 7.89. The van der Waals surface area contributed by atoms with E-state index >= 15 is 0 Å². The highest BCUT2D eigenvalue weighted by Crippen LogP contribution is 2.23. The van der Waals surface area contributed by atoms with Crippen molar-refractivity contribution in [2.45, 2.75) is 11.8 Å². The van der Waals surface area contributed by atoms with Gasteiger partial charge in [0.1, 0.15) is 0 Å². The molecule has 7 heteroatoms. The molecule has 0 aliphatic carbocycles. The van der Waals surface area contributed by atoms with Crippen molar-refractivity contribution in [3.05, 3.63) is 71.3 Å². The van der Waals surface area contributed by atoms with Crippen molar-refractivity contribution in [3.8, 4) is 0 Å². The lowest BCUT2D eigenvalue weighted by molar-refractivity contribution is 0.102. The zero-order chi connectivity index (χ0) is 17.7. The van der Waals surface area contributed by atoms with Crippen molar-refractivity contribution in [2.75, 3.05) is 11.9 Å². The van der Waals surface area contributed by atoms with Gasteiger partial charge in [0.15, 0.2) is 0 Å². The average Bonchev–Trinajstić information content (AvgIpc) is 2.57. The lowest BCUT2D eigenvalue weighted by Crippen LogP contribution is -2.24. The van der Waals surface area contributed by atoms with Crippen LogP contribution in [0.25, 0.3) is 0 Å². The molecule has 0 aliphatic heterocycles. The molecule has 2 N–H and O–H groups in total. The molecule has 24 heavy (non-hydrogen) atoms. The lowest BCUT2D eigenvalue weighted by atomic mass is 10.1. The Balaban J connectivity index is 2.26. The van der Waals surface area contributed by atoms with E-state index < -0.39 is 15.9 Å². The first-order valence-corrected chi connectivity index (χ1v) is 8.98. The fourth-order valence-electron chi connectivity index (χ4n) is 1.99. The normalized spacial score (nSPS) is 11.1. The molecule has 0 fully saturated rings. The largest absolute Gasteiger partial charge is 0.322 e. The van der Waals surface area contributed by atoms with Gasteiger partial charge in [-0.05, 0) is 42.8 Å². The zero-order valence-electron chi connectivity index (χ0n) is 13.0. The molecular formula is C17H17ClN2O3S. The standard InChI is InChI=1S/C17H17ClN2O3S/c1-3-10-19-24(22,23)14-7-4-6-13(11-14)17(21)20-16-9-5-8-15(18)12(16)2/h3-9,11,19H,1,10H2,2H3,(H,20,21). The van der Waals surface area contributed by atoms with Gasteiger partial charge < -0.3 is 5.32 Å². The van der Waals surface area contributed by atoms with Crippen molar-refractivity contribution in [2.24, 2.45) is 0 Å². The average molecular weight is 365 g/mol. The van der Waals surface area contributed by atoms with Crippen LogP contribution in [0.15, 0.2) is 60.0 Å². The number of benzene rings is 2. The summed E-state index contributed by atoms with van der Waals surface area (Å²) < 4.78 is 26.6. The fraction of sp³-hybridized carbons (Fsp3) is 0.118. The number of carbonyl (C=O) groups excluding carboxylic acids is 1. The molecule has 0 bridgehead atoms. The summed E-state index contributed by atoms with van der Waals surface area (Å²) in [6.07, 6.45) is 1.44. The third-order valence-corrected chi connectivity index (χ3v) is 5.17. The predicted octanol–water partition coefficient (Wildman–Crippen LogP) is 3.37. The molecule has 0 saturated carbocycles. The SMILES string of the molecule is C=CCNS(=O)(=O)c1cccc(C(=O)Nc2cccc(Cl)c2C)c1. The molecule has 126 valence electrons. The number of hydrogen-bond acceptors (Lipinski definition) is 3. The maximum Gasteiger partial charge on any atom is 0.255 e. The Morgan fingerprint density at radius 3 is 2.67 bits per heavy atom. The summed E-state index contributed by atoms with van der Waals surface area (Å²) in [5.41, 5.74) is 1.55. The van der Waals surface area contributed by atoms with E-state index in [1.54, 1.807) is 31.2 Å². The van der Waals surface area contributed by atoms with Gasteiger partial charge >= 0.3 is 0 Å². The molecule has 2 aromatic rings. The Labute approximate surface area is 146 Å². The number of sulfonamides is 1. The van der Waals surface area contributed by atoms with Gasteiger partial charge in [-0.2, -0.15) is 0 Å². The Kier molecular flexibility index (Phi) is 5.77. The molecule has 2 aromatic carbocycles. The van der Waals surface area contributed by atoms with E-state index in [2.05, 4.69) is 16.6 Å². The number of anilines is 1. The van der Waals surface area contributed by atoms with Gasteiger partial charge in [-0.15, -0.1) is 6.58 Å². The first-order chi connectivity index (χ1) is 11.3. The van der Waals surface area contributed by atoms with Gasteiger partial charge in [0.25, 0.3) is 5.91 Å². The van der Waals surface area contributed by atoms with Crippen LogP contribution in [-0.4, -0.2) is 20.9 Å². The molecular weight excluding hydrogens is 348 g/mol. The van der Waals surface area contributed by atoms with E-state index in [-0.39, 0.29) is 17.0 Å². The van der Waals surface area contributed by atoms with Crippen LogP contribution in [0, 0.1) is 6.92 Å². The number of carbonyl (C=O) groups is 1. The number of rotatable bonds is 6. The van der Waals surface area contributed by atoms with E-state index in [9.17, 15) is 13.2 Å². The van der Waals surface area contributed by atoms with Crippen molar-refractivity contribution in [1.82, 2.24) is 4.72 Å². The fourth-order valence-corrected chi connectivity index (χ4v) is 3.21. The quantitative estimate of drug-likeness (QED) is 0.772. The summed E-state index contributed by atoms with van der Waals surface area (Å²) in [6, 6.07) is 11.0. The highest BCUT2D eigenvalue weighted by Gasteiger charge is 2.16. The summed E-state index contributed by atoms with van der Waals surface area (Å²) in [4.78, 5) is 12.4. The molecule has 0 spiro atoms. The van der Waals surface area contributed by atoms with Gasteiger partial charge in [0.05, 0.1) is 4.90 Å². The number of amides is 1. The topological polar surface area (TPSA) is 75.3 Å². The monoisotopic (exact) mass is 364 g/mol. The summed E-state index contributed by atoms with van der Waals surface area (Å²) in [5.74, 6) is -0.416. The van der Waals surface area contributed by atoms with Gasteiger partial charge in [0.2, 0.25) is 10.0 Å². The molecule has 0 saturated heterocycles. The Hall–Kier alpha value is -2.15. The minimum Gasteiger partial charge on any atom is -0.322 e. The molecule has 1 amide bonds. The maximum atomic E-state index is 12.4. The molecule has 0 unspecified atom stereocenters. The van der Waals surface area contributed by atoms with E-state index in [1.165, 1.54) is 24.3 Å². The van der Waals surface area contributed by atoms with Crippen molar-refractivity contribution >= 4 is 33.2 Å². The van der Waals surface area contributed by atoms with Gasteiger partial charge in [-0.25, -0.2) is 13.1 Å². The Morgan fingerprint density at radius 2 is 1.96 bits per heavy atom. The van der Waals surface area contributed by atoms with Crippen molar-refractivity contribution in [1.29, 1.82) is 0 Å². The van der Waals surface area contributed by atoms with Crippen LogP contribution in [-0.2, 0) is 10.0 Å². The van der Waals surface area contributed by atoms with Crippen LogP contribution in [0.5, 0.6) is 0 Å². The summed E-state index contributed by atoms with van der Waals surface area (Å²) in [5, 5.41) is 3.27. The van der Waals surface area contributed by atoms with Crippen LogP contribution in [0.4, 0.5) is 5.69 Å². The number of nitrogens with one attached hydrogen (secondary N) is 2. The molecule has 0 heterocycles. The smallest absolute Gasteiger partial charge is 0.255 e. The van der Waals surface area contributed by atoms with E-state index in [1.807, 2.05) is 0 Å². The van der Waals surface area contributed by atoms with Gasteiger partial charge in [-0.1, -0.05) is 29.8 Å². The summed E-state index contributed by atoms with van der Waals surface area (Å²) in [6.45, 7) is 5.36. The second-order valence-corrected chi connectivity index (χ2v) is 7.21. The molecule has 0 aliphatic rings. The third-order valence-electron chi connectivity index (χ3n) is 3.34. The third kappa shape index (κ3) is 4.23. The van der Waals surface area contributed by atoms with Gasteiger partial charge in [-0.3, -0.25) is 4.79 Å². The van der Waals surface area contributed by atoms with E-state index in [0.29, 0.717) is 10.7 Å². The molecule has 0 radical (unpaired) electrons. The summed E-state index contributed by atoms with van der Waals surface area (Å²) in [7, 11) is -3.69. The molecule has 2 rings (SSSR count). The summed E-state index contributed by atoms with van der Waals surface area (Å²) >= 11 is 6.03. The Morgan fingerprint density at radius 1 is 1.25 bits per heavy atom. The molecule has 5 nitrogen and oxygen atoms in total. The first-order valence-electron chi connectivity index (χ1n) is 7.12. The van der Waals surface area contributed by atoms with Crippen LogP contribution in [0.2, 0.25) is 5.02 Å². The van der Waals surface area contributed by atoms with Crippen LogP contribution in [0.3, 0.4) is 0 Å². The van der Waals surface area contributed by atoms with Crippen LogP contribution >= 0.6 is 11.6 Å². The minimum absolute atomic E-state index is 0.0137. The maximum absolute atomic E-state index is 12.4. The lowest BCUT2D eigenvalue weighted by Gasteiger charge is -2.10. The second-order valence-electron chi connectivity index (χ2n) is 5.03. The van der Waals surface area contributed by atoms with Crippen LogP contribution in [0.1, 0.15) is 15.9 Å². The highest BCUT2D eigenvalue weighted by atomic mass is 35.5. The van der Waals surface area contributed by atoms with Crippen LogP contribution < -0.4 is 10.0 Å². The molecule has 0 aromatic heterocycles. The zero-order valence-corrected chi connectivity index (χ0v) is 14.6. The van der Waals surface area contributed by atoms with Gasteiger partial charge in [0, 0.05) is 22.8 Å². The van der Waals surface area contributed by atoms with Crippen molar-refractivity contribution < 1.29 is 13.2 Å². The Bertz CT molecular complexity index is 879. The van der Waals surface area contributed by atoms with E-state index in [4.69, 9.17) is 11.6 Å². The predicted molar refractivity (Wildman–Crippen MR) is 96.0 cm³/mol. The first kappa shape index (κ1) is 18.2. The second kappa shape index (κ2) is 7.61. The van der Waals surface area contributed by atoms with E-state index in [0.717, 1.165) is 5.56 Å². The van der Waals surface area contributed by atoms with Crippen molar-refractivity contribution in [3.63, 3.8) is 0 Å². The molecule has 0 atom stereocenters. The number of hydrogen-bond donors (Lipinski definition) is 2. The minimum atomic E-state index is -3.69. The number of halogens is 1.